The first kappa shape index (κ1) is 55.6. The monoisotopic (exact) mass is 1220 g/mol. The number of nitrogens with zero attached hydrogens (tertiary/aromatic N) is 6. The Morgan fingerprint density at radius 2 is 0.400 bits per heavy atom. The van der Waals surface area contributed by atoms with Gasteiger partial charge in [-0.15, -0.1) is 0 Å². The second-order valence-electron chi connectivity index (χ2n) is 19.5. The van der Waals surface area contributed by atoms with Gasteiger partial charge in [0.2, 0.25) is 0 Å². The van der Waals surface area contributed by atoms with E-state index in [1.807, 2.05) is 127 Å². The number of nitrogens with one attached hydrogen (secondary N) is 6. The summed E-state index contributed by atoms with van der Waals surface area (Å²) in [5.41, 5.74) is 15.3. The van der Waals surface area contributed by atoms with Gasteiger partial charge in [0.1, 0.15) is 30.4 Å². The number of aromatic nitrogens is 12. The van der Waals surface area contributed by atoms with Crippen molar-refractivity contribution < 1.29 is 56.3 Å². The van der Waals surface area contributed by atoms with E-state index in [1.165, 1.54) is 18.2 Å². The van der Waals surface area contributed by atoms with Gasteiger partial charge in [0.05, 0.1) is 99.6 Å². The summed E-state index contributed by atoms with van der Waals surface area (Å²) < 4.78 is 105. The fourth-order valence-corrected chi connectivity index (χ4v) is 11.5. The zero-order valence-corrected chi connectivity index (χ0v) is 47.3. The predicted molar refractivity (Wildman–Crippen MR) is 320 cm³/mol. The maximum absolute atomic E-state index is 11.7. The van der Waals surface area contributed by atoms with Crippen LogP contribution in [-0.2, 0) is 47.7 Å². The first-order chi connectivity index (χ1) is 40.3. The molecule has 85 heavy (non-hydrogen) atoms. The van der Waals surface area contributed by atoms with Crippen molar-refractivity contribution in [2.24, 2.45) is 0 Å². The third kappa shape index (κ3) is 12.8. The third-order valence-electron chi connectivity index (χ3n) is 13.2. The van der Waals surface area contributed by atoms with Gasteiger partial charge in [-0.3, -0.25) is 0 Å². The first-order valence-corrected chi connectivity index (χ1v) is 29.6. The second kappa shape index (κ2) is 22.0. The van der Waals surface area contributed by atoms with Crippen LogP contribution in [0.1, 0.15) is 68.3 Å². The van der Waals surface area contributed by atoms with Crippen LogP contribution in [0.2, 0.25) is 0 Å². The van der Waals surface area contributed by atoms with Crippen LogP contribution in [0.5, 0.6) is 0 Å². The van der Waals surface area contributed by atoms with Crippen molar-refractivity contribution >= 4 is 169 Å². The Labute approximate surface area is 492 Å². The summed E-state index contributed by atoms with van der Waals surface area (Å²) in [5.74, 6) is 0. The molecule has 0 spiro atoms. The van der Waals surface area contributed by atoms with Crippen molar-refractivity contribution in [3.8, 4) is 0 Å². The molecule has 6 aliphatic rings. The Kier molecular flexibility index (Phi) is 14.4. The largest absolute Gasteiger partial charge is 3.00 e. The Bertz CT molecular complexity index is 4870. The fraction of sp³-hybridized carbons (Fsp3) is 0. The van der Waals surface area contributed by atoms with E-state index < -0.39 is 30.4 Å². The number of H-pyrrole nitrogens is 6. The Morgan fingerprint density at radius 3 is 0.576 bits per heavy atom. The van der Waals surface area contributed by atoms with Crippen molar-refractivity contribution in [1.82, 2.24) is 59.8 Å². The molecule has 9 aromatic rings. The second-order valence-corrected chi connectivity index (χ2v) is 23.5. The topological polar surface area (TPSA) is 344 Å². The van der Waals surface area contributed by atoms with Crippen molar-refractivity contribution in [2.45, 2.75) is 14.7 Å². The van der Waals surface area contributed by atoms with E-state index in [2.05, 4.69) is 59.8 Å². The van der Waals surface area contributed by atoms with Crippen LogP contribution in [0.3, 0.4) is 0 Å². The Balaban J connectivity index is 0.000000124. The van der Waals surface area contributed by atoms with Gasteiger partial charge in [0, 0.05) is 49.7 Å². The summed E-state index contributed by atoms with van der Waals surface area (Å²) >= 11 is 0. The summed E-state index contributed by atoms with van der Waals surface area (Å²) in [4.78, 5) is 44.7. The molecule has 6 N–H and O–H groups in total. The number of fused-ring (bicyclic) bond motifs is 24. The molecule has 15 rings (SSSR count). The molecule has 24 bridgehead atoms. The zero-order valence-electron chi connectivity index (χ0n) is 43.5. The minimum absolute atomic E-state index is 0. The normalized spacial score (nSPS) is 13.0. The predicted octanol–water partition coefficient (Wildman–Crippen LogP) is 10.7. The third-order valence-corrected chi connectivity index (χ3v) is 15.8. The van der Waals surface area contributed by atoms with Gasteiger partial charge in [-0.2, -0.15) is 0 Å². The van der Waals surface area contributed by atoms with Crippen LogP contribution < -0.4 is 0 Å². The van der Waals surface area contributed by atoms with E-state index in [0.29, 0.717) is 67.8 Å². The molecule has 0 saturated heterocycles. The van der Waals surface area contributed by atoms with Gasteiger partial charge in [-0.25, -0.2) is 55.2 Å². The molecule has 1 radical (unpaired) electrons. The molecule has 0 atom stereocenters. The molecule has 0 aromatic carbocycles. The van der Waals surface area contributed by atoms with E-state index in [9.17, 15) is 38.9 Å². The number of rotatable bonds is 3. The van der Waals surface area contributed by atoms with Gasteiger partial charge in [-0.1, -0.05) is 0 Å². The minimum Gasteiger partial charge on any atom is -0.744 e. The molecular weight excluding hydrogens is 1180 g/mol. The van der Waals surface area contributed by atoms with E-state index in [1.54, 1.807) is 54.6 Å². The van der Waals surface area contributed by atoms with Crippen LogP contribution in [0.25, 0.3) is 139 Å². The maximum atomic E-state index is 11.7. The molecule has 0 saturated carbocycles. The summed E-state index contributed by atoms with van der Waals surface area (Å²) in [7, 11) is -13.9. The Morgan fingerprint density at radius 1 is 0.235 bits per heavy atom. The summed E-state index contributed by atoms with van der Waals surface area (Å²) in [5, 5.41) is 0. The van der Waals surface area contributed by atoms with Gasteiger partial charge in [-0.05, 0) is 200 Å². The number of hydrogen-bond acceptors (Lipinski definition) is 15. The van der Waals surface area contributed by atoms with Crippen molar-refractivity contribution in [2.75, 3.05) is 0 Å². The molecule has 0 fully saturated rings. The van der Waals surface area contributed by atoms with E-state index in [-0.39, 0.29) is 48.6 Å². The fourth-order valence-electron chi connectivity index (χ4n) is 9.59. The standard InChI is InChI=1S/3C20H14N4O3S.Cr/c3*25-28(26,27)20-11-18-9-16-4-3-14(22-16)7-12-1-2-13(21-12)8-15-5-6-17(23-15)10-19(20)24-18;/h3*1-11,21,24H,(H,25,26,27);/q;;;+3/p-3. The van der Waals surface area contributed by atoms with Crippen molar-refractivity contribution in [1.29, 1.82) is 0 Å². The SMILES string of the molecule is O=S(=O)([O-])c1cc2cc3nc(cc4ccc(cc5nc(cc1[nH]2)C=C5)[nH]4)C=C3.O=S(=O)([O-])c1cc2cc3nc(cc4ccc(cc5nc(cc1[nH]2)C=C5)[nH]4)C=C3.O=S(=O)([O-])c1cc2cc3nc(cc4ccc(cc5nc(cc1[nH]2)C=C5)[nH]4)C=C3.[Cr+3]. The zero-order chi connectivity index (χ0) is 57.9. The number of aromatic amines is 6. The van der Waals surface area contributed by atoms with E-state index >= 15 is 0 Å². The molecule has 0 aliphatic carbocycles. The number of hydrogen-bond donors (Lipinski definition) is 6. The molecule has 25 heteroatoms. The summed E-state index contributed by atoms with van der Waals surface area (Å²) in [6.45, 7) is 0. The molecule has 21 nitrogen and oxygen atoms in total. The molecule has 6 aliphatic heterocycles. The molecule has 0 amide bonds. The van der Waals surface area contributed by atoms with E-state index in [0.717, 1.165) is 50.2 Å². The smallest absolute Gasteiger partial charge is 0.744 e. The average Bonchev–Trinajstić information content (AvgIpc) is 4.23. The van der Waals surface area contributed by atoms with Gasteiger partial charge < -0.3 is 43.6 Å². The minimum atomic E-state index is -4.65. The van der Waals surface area contributed by atoms with Crippen LogP contribution in [0.15, 0.2) is 142 Å². The van der Waals surface area contributed by atoms with Crippen LogP contribution in [-0.4, -0.2) is 98.7 Å². The van der Waals surface area contributed by atoms with Crippen LogP contribution in [0.4, 0.5) is 0 Å². The van der Waals surface area contributed by atoms with Gasteiger partial charge in [0.25, 0.3) is 0 Å². The average molecular weight is 1220 g/mol. The van der Waals surface area contributed by atoms with E-state index in [4.69, 9.17) is 0 Å². The van der Waals surface area contributed by atoms with Crippen LogP contribution in [0, 0.1) is 0 Å². The van der Waals surface area contributed by atoms with Gasteiger partial charge >= 0.3 is 17.4 Å². The maximum Gasteiger partial charge on any atom is 3.00 e. The van der Waals surface area contributed by atoms with Crippen molar-refractivity contribution in [3.05, 3.63) is 196 Å². The molecule has 417 valence electrons. The summed E-state index contributed by atoms with van der Waals surface area (Å²) in [6, 6.07) is 36.7. The molecular formula is C60H39CrN12O9S3. The molecule has 15 heterocycles. The van der Waals surface area contributed by atoms with Crippen LogP contribution >= 0.6 is 0 Å². The molecule has 9 aromatic heterocycles. The quantitative estimate of drug-likeness (QED) is 0.0896. The Hall–Kier alpha value is -9.94. The van der Waals surface area contributed by atoms with Crippen molar-refractivity contribution in [3.63, 3.8) is 0 Å². The molecule has 0 unspecified atom stereocenters. The summed E-state index contributed by atoms with van der Waals surface area (Å²) in [6.07, 6.45) is 21.8. The first-order valence-electron chi connectivity index (χ1n) is 25.4. The van der Waals surface area contributed by atoms with Gasteiger partial charge in [0.15, 0.2) is 0 Å².